The first-order valence-electron chi connectivity index (χ1n) is 5.45. The summed E-state index contributed by atoms with van der Waals surface area (Å²) >= 11 is 0. The maximum Gasteiger partial charge on any atom is 0.137 e. The largest absolute Gasteiger partial charge is 0.497 e. The lowest BCUT2D eigenvalue weighted by atomic mass is 10.1. The standard InChI is InChI=1S/C14H12N2O.HI/c1-17-12-6-4-5-11(9-12)13-10-16-8-3-2-7-14(16)15-13;/h2-10H,1H3;1H. The molecule has 0 aliphatic heterocycles. The molecule has 0 spiro atoms. The first-order valence-corrected chi connectivity index (χ1v) is 5.45. The molecule has 0 N–H and O–H groups in total. The fourth-order valence-corrected chi connectivity index (χ4v) is 1.86. The molecule has 0 saturated heterocycles. The van der Waals surface area contributed by atoms with Crippen LogP contribution in [0.3, 0.4) is 0 Å². The first kappa shape index (κ1) is 12.9. The minimum absolute atomic E-state index is 0. The summed E-state index contributed by atoms with van der Waals surface area (Å²) in [6.07, 6.45) is 4.01. The van der Waals surface area contributed by atoms with Gasteiger partial charge in [0.15, 0.2) is 0 Å². The third-order valence-electron chi connectivity index (χ3n) is 2.73. The monoisotopic (exact) mass is 352 g/mol. The second-order valence-corrected chi connectivity index (χ2v) is 3.82. The van der Waals surface area contributed by atoms with Crippen molar-refractivity contribution < 1.29 is 4.74 Å². The minimum Gasteiger partial charge on any atom is -0.497 e. The fourth-order valence-electron chi connectivity index (χ4n) is 1.86. The van der Waals surface area contributed by atoms with Crippen molar-refractivity contribution in [3.05, 3.63) is 54.9 Å². The number of hydrogen-bond donors (Lipinski definition) is 0. The fraction of sp³-hybridized carbons (Fsp3) is 0.0714. The number of ether oxygens (including phenoxy) is 1. The molecule has 4 heteroatoms. The van der Waals surface area contributed by atoms with Gasteiger partial charge in [-0.25, -0.2) is 4.98 Å². The molecule has 0 bridgehead atoms. The van der Waals surface area contributed by atoms with Gasteiger partial charge in [0.1, 0.15) is 11.4 Å². The minimum atomic E-state index is 0. The first-order chi connectivity index (χ1) is 8.36. The number of rotatable bonds is 2. The lowest BCUT2D eigenvalue weighted by Gasteiger charge is -2.00. The molecule has 0 atom stereocenters. The van der Waals surface area contributed by atoms with Crippen molar-refractivity contribution in [3.63, 3.8) is 0 Å². The van der Waals surface area contributed by atoms with Gasteiger partial charge in [-0.1, -0.05) is 18.2 Å². The Kier molecular flexibility index (Phi) is 3.86. The van der Waals surface area contributed by atoms with Crippen molar-refractivity contribution >= 4 is 29.6 Å². The Morgan fingerprint density at radius 1 is 1.11 bits per heavy atom. The third-order valence-corrected chi connectivity index (χ3v) is 2.73. The Labute approximate surface area is 122 Å². The van der Waals surface area contributed by atoms with Gasteiger partial charge in [-0.05, 0) is 24.3 Å². The van der Waals surface area contributed by atoms with Gasteiger partial charge in [-0.15, -0.1) is 24.0 Å². The van der Waals surface area contributed by atoms with Crippen molar-refractivity contribution in [2.75, 3.05) is 7.11 Å². The number of methoxy groups -OCH3 is 1. The van der Waals surface area contributed by atoms with Gasteiger partial charge in [0, 0.05) is 18.0 Å². The van der Waals surface area contributed by atoms with Crippen molar-refractivity contribution in [2.45, 2.75) is 0 Å². The molecule has 0 aliphatic carbocycles. The summed E-state index contributed by atoms with van der Waals surface area (Å²) in [5.41, 5.74) is 2.97. The van der Waals surface area contributed by atoms with E-state index in [-0.39, 0.29) is 24.0 Å². The van der Waals surface area contributed by atoms with E-state index in [9.17, 15) is 0 Å². The number of nitrogens with zero attached hydrogens (tertiary/aromatic N) is 2. The predicted molar refractivity (Wildman–Crippen MR) is 82.6 cm³/mol. The number of pyridine rings is 1. The summed E-state index contributed by atoms with van der Waals surface area (Å²) in [5.74, 6) is 0.847. The molecule has 18 heavy (non-hydrogen) atoms. The smallest absolute Gasteiger partial charge is 0.137 e. The Bertz CT molecular complexity index is 630. The van der Waals surface area contributed by atoms with Gasteiger partial charge in [0.05, 0.1) is 12.8 Å². The van der Waals surface area contributed by atoms with Crippen LogP contribution in [0.5, 0.6) is 5.75 Å². The lowest BCUT2D eigenvalue weighted by Crippen LogP contribution is -1.83. The second kappa shape index (κ2) is 5.39. The average molecular weight is 352 g/mol. The maximum atomic E-state index is 5.22. The van der Waals surface area contributed by atoms with Gasteiger partial charge in [-0.3, -0.25) is 0 Å². The Morgan fingerprint density at radius 2 is 2.00 bits per heavy atom. The molecule has 2 aromatic heterocycles. The van der Waals surface area contributed by atoms with Gasteiger partial charge in [0.25, 0.3) is 0 Å². The van der Waals surface area contributed by atoms with Crippen LogP contribution in [-0.2, 0) is 0 Å². The average Bonchev–Trinajstić information content (AvgIpc) is 2.82. The van der Waals surface area contributed by atoms with Crippen LogP contribution in [0.15, 0.2) is 54.9 Å². The molecule has 0 amide bonds. The molecule has 3 rings (SSSR count). The highest BCUT2D eigenvalue weighted by Crippen LogP contribution is 2.23. The van der Waals surface area contributed by atoms with E-state index in [0.29, 0.717) is 0 Å². The summed E-state index contributed by atoms with van der Waals surface area (Å²) in [4.78, 5) is 4.57. The summed E-state index contributed by atoms with van der Waals surface area (Å²) in [6, 6.07) is 13.9. The SMILES string of the molecule is COc1cccc(-c2cn3ccccc3n2)c1.I. The lowest BCUT2D eigenvalue weighted by molar-refractivity contribution is 0.415. The molecule has 0 aliphatic rings. The number of halogens is 1. The molecule has 0 radical (unpaired) electrons. The number of benzene rings is 1. The Balaban J connectivity index is 0.00000120. The maximum absolute atomic E-state index is 5.22. The highest BCUT2D eigenvalue weighted by atomic mass is 127. The molecule has 2 heterocycles. The summed E-state index contributed by atoms with van der Waals surface area (Å²) in [6.45, 7) is 0. The molecular weight excluding hydrogens is 339 g/mol. The van der Waals surface area contributed by atoms with Crippen molar-refractivity contribution in [3.8, 4) is 17.0 Å². The molecule has 0 saturated carbocycles. The zero-order valence-corrected chi connectivity index (χ0v) is 12.2. The molecular formula is C14H13IN2O. The molecule has 3 nitrogen and oxygen atoms in total. The van der Waals surface area contributed by atoms with E-state index in [4.69, 9.17) is 4.74 Å². The molecule has 0 unspecified atom stereocenters. The highest BCUT2D eigenvalue weighted by molar-refractivity contribution is 14.0. The highest BCUT2D eigenvalue weighted by Gasteiger charge is 2.04. The van der Waals surface area contributed by atoms with Gasteiger partial charge < -0.3 is 9.14 Å². The van der Waals surface area contributed by atoms with Crippen LogP contribution in [0, 0.1) is 0 Å². The number of aromatic nitrogens is 2. The Hall–Kier alpha value is -1.56. The molecule has 92 valence electrons. The van der Waals surface area contributed by atoms with Crippen molar-refractivity contribution in [2.24, 2.45) is 0 Å². The van der Waals surface area contributed by atoms with E-state index in [0.717, 1.165) is 22.7 Å². The van der Waals surface area contributed by atoms with Crippen molar-refractivity contribution in [1.82, 2.24) is 9.38 Å². The van der Waals surface area contributed by atoms with Crippen LogP contribution >= 0.6 is 24.0 Å². The van der Waals surface area contributed by atoms with Crippen LogP contribution in [-0.4, -0.2) is 16.5 Å². The zero-order valence-electron chi connectivity index (χ0n) is 9.91. The van der Waals surface area contributed by atoms with E-state index in [1.165, 1.54) is 0 Å². The Morgan fingerprint density at radius 3 is 2.78 bits per heavy atom. The van der Waals surface area contributed by atoms with E-state index in [2.05, 4.69) is 4.98 Å². The normalized spacial score (nSPS) is 10.1. The van der Waals surface area contributed by atoms with Crippen molar-refractivity contribution in [1.29, 1.82) is 0 Å². The van der Waals surface area contributed by atoms with Crippen LogP contribution < -0.4 is 4.74 Å². The third kappa shape index (κ3) is 2.33. The quantitative estimate of drug-likeness (QED) is 0.659. The van der Waals surface area contributed by atoms with Crippen LogP contribution in [0.4, 0.5) is 0 Å². The summed E-state index contributed by atoms with van der Waals surface area (Å²) in [5, 5.41) is 0. The van der Waals surface area contributed by atoms with Gasteiger partial charge in [0.2, 0.25) is 0 Å². The summed E-state index contributed by atoms with van der Waals surface area (Å²) < 4.78 is 7.22. The predicted octanol–water partition coefficient (Wildman–Crippen LogP) is 3.63. The van der Waals surface area contributed by atoms with Crippen LogP contribution in [0.1, 0.15) is 0 Å². The number of hydrogen-bond acceptors (Lipinski definition) is 2. The number of imidazole rings is 1. The van der Waals surface area contributed by atoms with Gasteiger partial charge >= 0.3 is 0 Å². The van der Waals surface area contributed by atoms with E-state index in [1.54, 1.807) is 7.11 Å². The molecule has 1 aromatic carbocycles. The second-order valence-electron chi connectivity index (χ2n) is 3.82. The molecule has 0 fully saturated rings. The van der Waals surface area contributed by atoms with Gasteiger partial charge in [-0.2, -0.15) is 0 Å². The van der Waals surface area contributed by atoms with Crippen LogP contribution in [0.25, 0.3) is 16.9 Å². The number of fused-ring (bicyclic) bond motifs is 1. The van der Waals surface area contributed by atoms with E-state index >= 15 is 0 Å². The summed E-state index contributed by atoms with van der Waals surface area (Å²) in [7, 11) is 1.67. The topological polar surface area (TPSA) is 26.5 Å². The zero-order chi connectivity index (χ0) is 11.7. The van der Waals surface area contributed by atoms with E-state index < -0.39 is 0 Å². The molecule has 3 aromatic rings. The van der Waals surface area contributed by atoms with Crippen LogP contribution in [0.2, 0.25) is 0 Å². The van der Waals surface area contributed by atoms with E-state index in [1.807, 2.05) is 59.3 Å².